The largest absolute Gasteiger partial charge is 0.336 e. The maximum absolute atomic E-state index is 12.2. The number of aryl methyl sites for hydroxylation is 1. The molecule has 0 aliphatic carbocycles. The molecule has 0 spiro atoms. The Hall–Kier alpha value is -1.83. The SMILES string of the molecule is C/C=C\C(C)CC/C=C/C1CCC(=O)N1CCc1ccc(C)cc1. The predicted molar refractivity (Wildman–Crippen MR) is 102 cm³/mol. The van der Waals surface area contributed by atoms with Crippen LogP contribution >= 0.6 is 0 Å². The van der Waals surface area contributed by atoms with Crippen LogP contribution in [0.5, 0.6) is 0 Å². The molecule has 0 bridgehead atoms. The van der Waals surface area contributed by atoms with Gasteiger partial charge in [-0.1, -0.05) is 61.1 Å². The normalized spacial score (nSPS) is 19.7. The Bertz CT molecular complexity index is 570. The zero-order valence-electron chi connectivity index (χ0n) is 15.4. The second-order valence-corrected chi connectivity index (χ2v) is 6.94. The minimum Gasteiger partial charge on any atom is -0.336 e. The molecular weight excluding hydrogens is 294 g/mol. The molecule has 1 fully saturated rings. The molecule has 130 valence electrons. The Balaban J connectivity index is 1.83. The summed E-state index contributed by atoms with van der Waals surface area (Å²) in [6.45, 7) is 7.25. The van der Waals surface area contributed by atoms with Crippen molar-refractivity contribution in [3.63, 3.8) is 0 Å². The number of nitrogens with zero attached hydrogens (tertiary/aromatic N) is 1. The van der Waals surface area contributed by atoms with Crippen molar-refractivity contribution >= 4 is 5.91 Å². The molecular formula is C22H31NO. The molecule has 2 unspecified atom stereocenters. The van der Waals surface area contributed by atoms with E-state index in [1.54, 1.807) is 0 Å². The summed E-state index contributed by atoms with van der Waals surface area (Å²) in [5.41, 5.74) is 2.59. The molecule has 1 aliphatic heterocycles. The summed E-state index contributed by atoms with van der Waals surface area (Å²) >= 11 is 0. The van der Waals surface area contributed by atoms with E-state index >= 15 is 0 Å². The van der Waals surface area contributed by atoms with Crippen molar-refractivity contribution < 1.29 is 4.79 Å². The van der Waals surface area contributed by atoms with Gasteiger partial charge in [-0.2, -0.15) is 0 Å². The minimum atomic E-state index is 0.292. The lowest BCUT2D eigenvalue weighted by Gasteiger charge is -2.22. The van der Waals surface area contributed by atoms with Gasteiger partial charge in [-0.3, -0.25) is 4.79 Å². The molecule has 2 atom stereocenters. The molecule has 1 aliphatic rings. The number of rotatable bonds is 8. The fourth-order valence-electron chi connectivity index (χ4n) is 3.29. The Kier molecular flexibility index (Phi) is 7.30. The lowest BCUT2D eigenvalue weighted by molar-refractivity contribution is -0.128. The summed E-state index contributed by atoms with van der Waals surface area (Å²) in [5.74, 6) is 0.932. The quantitative estimate of drug-likeness (QED) is 0.611. The lowest BCUT2D eigenvalue weighted by Crippen LogP contribution is -2.33. The van der Waals surface area contributed by atoms with E-state index in [1.165, 1.54) is 17.5 Å². The van der Waals surface area contributed by atoms with Crippen LogP contribution in [0.2, 0.25) is 0 Å². The summed E-state index contributed by atoms with van der Waals surface area (Å²) < 4.78 is 0. The Morgan fingerprint density at radius 3 is 2.75 bits per heavy atom. The summed E-state index contributed by atoms with van der Waals surface area (Å²) in [6.07, 6.45) is 13.7. The molecule has 2 nitrogen and oxygen atoms in total. The van der Waals surface area contributed by atoms with Crippen molar-refractivity contribution in [3.05, 3.63) is 59.7 Å². The zero-order valence-corrected chi connectivity index (χ0v) is 15.4. The topological polar surface area (TPSA) is 20.3 Å². The highest BCUT2D eigenvalue weighted by molar-refractivity contribution is 5.79. The zero-order chi connectivity index (χ0) is 17.4. The first-order valence-electron chi connectivity index (χ1n) is 9.24. The van der Waals surface area contributed by atoms with Crippen molar-refractivity contribution in [1.82, 2.24) is 4.90 Å². The van der Waals surface area contributed by atoms with Gasteiger partial charge >= 0.3 is 0 Å². The predicted octanol–water partition coefficient (Wildman–Crippen LogP) is 5.08. The average molecular weight is 325 g/mol. The van der Waals surface area contributed by atoms with Crippen LogP contribution in [0.3, 0.4) is 0 Å². The number of amides is 1. The van der Waals surface area contributed by atoms with Gasteiger partial charge in [-0.25, -0.2) is 0 Å². The lowest BCUT2D eigenvalue weighted by atomic mass is 10.0. The first-order valence-corrected chi connectivity index (χ1v) is 9.24. The van der Waals surface area contributed by atoms with Crippen LogP contribution in [0, 0.1) is 12.8 Å². The standard InChI is InChI=1S/C22H31NO/c1-4-7-18(2)8-5-6-9-21-14-15-22(24)23(21)17-16-20-12-10-19(3)11-13-20/h4,6-7,9-13,18,21H,5,8,14-17H2,1-3H3/b7-4-,9-6+. The molecule has 1 aromatic carbocycles. The number of benzene rings is 1. The Morgan fingerprint density at radius 2 is 2.04 bits per heavy atom. The van der Waals surface area contributed by atoms with E-state index in [0.717, 1.165) is 25.8 Å². The number of carbonyl (C=O) groups excluding carboxylic acids is 1. The van der Waals surface area contributed by atoms with Crippen molar-refractivity contribution in [3.8, 4) is 0 Å². The van der Waals surface area contributed by atoms with E-state index in [9.17, 15) is 4.79 Å². The van der Waals surface area contributed by atoms with Crippen LogP contribution in [0.15, 0.2) is 48.6 Å². The van der Waals surface area contributed by atoms with Gasteiger partial charge in [-0.15, -0.1) is 0 Å². The van der Waals surface area contributed by atoms with E-state index in [4.69, 9.17) is 0 Å². The highest BCUT2D eigenvalue weighted by Gasteiger charge is 2.28. The van der Waals surface area contributed by atoms with E-state index < -0.39 is 0 Å². The number of hydrogen-bond donors (Lipinski definition) is 0. The van der Waals surface area contributed by atoms with Gasteiger partial charge in [-0.05, 0) is 51.0 Å². The first-order chi connectivity index (χ1) is 11.6. The van der Waals surface area contributed by atoms with Crippen LogP contribution in [0.1, 0.15) is 50.7 Å². The number of allylic oxidation sites excluding steroid dienone is 3. The van der Waals surface area contributed by atoms with Crippen molar-refractivity contribution in [2.75, 3.05) is 6.54 Å². The number of likely N-dealkylation sites (tertiary alicyclic amines) is 1. The molecule has 24 heavy (non-hydrogen) atoms. The first kappa shape index (κ1) is 18.5. The third-order valence-corrected chi connectivity index (χ3v) is 4.80. The van der Waals surface area contributed by atoms with Gasteiger partial charge in [0.15, 0.2) is 0 Å². The minimum absolute atomic E-state index is 0.292. The summed E-state index contributed by atoms with van der Waals surface area (Å²) in [5, 5.41) is 0. The average Bonchev–Trinajstić information content (AvgIpc) is 2.91. The van der Waals surface area contributed by atoms with Gasteiger partial charge in [0.05, 0.1) is 6.04 Å². The molecule has 1 heterocycles. The van der Waals surface area contributed by atoms with Gasteiger partial charge in [0.2, 0.25) is 5.91 Å². The van der Waals surface area contributed by atoms with E-state index in [1.807, 2.05) is 0 Å². The van der Waals surface area contributed by atoms with E-state index in [2.05, 4.69) is 74.2 Å². The van der Waals surface area contributed by atoms with Crippen LogP contribution in [0.4, 0.5) is 0 Å². The second-order valence-electron chi connectivity index (χ2n) is 6.94. The van der Waals surface area contributed by atoms with Crippen LogP contribution in [-0.4, -0.2) is 23.4 Å². The van der Waals surface area contributed by atoms with Gasteiger partial charge in [0.1, 0.15) is 0 Å². The highest BCUT2D eigenvalue weighted by atomic mass is 16.2. The third kappa shape index (κ3) is 5.67. The molecule has 0 aromatic heterocycles. The molecule has 0 N–H and O–H groups in total. The maximum Gasteiger partial charge on any atom is 0.223 e. The number of hydrogen-bond acceptors (Lipinski definition) is 1. The summed E-state index contributed by atoms with van der Waals surface area (Å²) in [6, 6.07) is 8.92. The Morgan fingerprint density at radius 1 is 1.29 bits per heavy atom. The monoisotopic (exact) mass is 325 g/mol. The van der Waals surface area contributed by atoms with Gasteiger partial charge in [0.25, 0.3) is 0 Å². The third-order valence-electron chi connectivity index (χ3n) is 4.80. The van der Waals surface area contributed by atoms with E-state index in [0.29, 0.717) is 24.3 Å². The van der Waals surface area contributed by atoms with Crippen LogP contribution in [-0.2, 0) is 11.2 Å². The molecule has 0 saturated carbocycles. The van der Waals surface area contributed by atoms with Gasteiger partial charge < -0.3 is 4.90 Å². The molecule has 0 radical (unpaired) electrons. The van der Waals surface area contributed by atoms with Gasteiger partial charge in [0, 0.05) is 13.0 Å². The number of carbonyl (C=O) groups is 1. The molecule has 1 saturated heterocycles. The fraction of sp³-hybridized carbons (Fsp3) is 0.500. The smallest absolute Gasteiger partial charge is 0.223 e. The van der Waals surface area contributed by atoms with Crippen molar-refractivity contribution in [2.45, 2.75) is 58.9 Å². The van der Waals surface area contributed by atoms with Crippen molar-refractivity contribution in [1.29, 1.82) is 0 Å². The maximum atomic E-state index is 12.2. The summed E-state index contributed by atoms with van der Waals surface area (Å²) in [7, 11) is 0. The highest BCUT2D eigenvalue weighted by Crippen LogP contribution is 2.21. The fourth-order valence-corrected chi connectivity index (χ4v) is 3.29. The van der Waals surface area contributed by atoms with E-state index in [-0.39, 0.29) is 0 Å². The molecule has 2 rings (SSSR count). The molecule has 2 heteroatoms. The van der Waals surface area contributed by atoms with Crippen molar-refractivity contribution in [2.24, 2.45) is 5.92 Å². The van der Waals surface area contributed by atoms with Crippen LogP contribution in [0.25, 0.3) is 0 Å². The van der Waals surface area contributed by atoms with Crippen LogP contribution < -0.4 is 0 Å². The Labute approximate surface area is 147 Å². The molecule has 1 amide bonds. The summed E-state index contributed by atoms with van der Waals surface area (Å²) in [4.78, 5) is 14.2. The molecule has 1 aromatic rings. The second kappa shape index (κ2) is 9.46.